The minimum Gasteiger partial charge on any atom is -0.319 e. The number of nitrogens with one attached hydrogen (secondary N) is 1. The Morgan fingerprint density at radius 1 is 1.22 bits per heavy atom. The van der Waals surface area contributed by atoms with Crippen molar-refractivity contribution in [1.82, 2.24) is 9.88 Å². The molecule has 3 atom stereocenters. The Bertz CT molecular complexity index is 823. The molecule has 1 saturated heterocycles. The zero-order valence-corrected chi connectivity index (χ0v) is 14.1. The van der Waals surface area contributed by atoms with E-state index in [-0.39, 0.29) is 11.0 Å². The van der Waals surface area contributed by atoms with Crippen LogP contribution in [0.5, 0.6) is 0 Å². The lowest BCUT2D eigenvalue weighted by atomic mass is 9.59. The van der Waals surface area contributed by atoms with Gasteiger partial charge in [-0.25, -0.2) is 0 Å². The van der Waals surface area contributed by atoms with Crippen LogP contribution in [0.1, 0.15) is 31.4 Å². The molecule has 2 aromatic rings. The fourth-order valence-electron chi connectivity index (χ4n) is 4.43. The molecule has 1 N–H and O–H groups in total. The molecule has 1 aliphatic heterocycles. The molecular formula is C20H24N2O. The maximum atomic E-state index is 11.9. The molecule has 1 aromatic heterocycles. The molecule has 0 spiro atoms. The molecule has 4 rings (SSSR count). The van der Waals surface area contributed by atoms with E-state index in [1.165, 1.54) is 17.5 Å². The van der Waals surface area contributed by atoms with Gasteiger partial charge in [0, 0.05) is 25.4 Å². The van der Waals surface area contributed by atoms with Crippen molar-refractivity contribution in [3.8, 4) is 11.1 Å². The van der Waals surface area contributed by atoms with E-state index in [4.69, 9.17) is 0 Å². The quantitative estimate of drug-likeness (QED) is 0.879. The van der Waals surface area contributed by atoms with Gasteiger partial charge in [-0.2, -0.15) is 0 Å². The SMILES string of the molecule is CC1C2Cc3ccc(-c4ccn(C)c(=O)c4)cc3[C@]1(C)CCN2. The molecule has 1 fully saturated rings. The summed E-state index contributed by atoms with van der Waals surface area (Å²) < 4.78 is 1.61. The van der Waals surface area contributed by atoms with E-state index in [9.17, 15) is 4.79 Å². The van der Waals surface area contributed by atoms with Gasteiger partial charge < -0.3 is 9.88 Å². The molecule has 0 amide bonds. The van der Waals surface area contributed by atoms with Gasteiger partial charge in [0.1, 0.15) is 0 Å². The summed E-state index contributed by atoms with van der Waals surface area (Å²) in [4.78, 5) is 11.9. The second-order valence-electron chi connectivity index (χ2n) is 7.46. The van der Waals surface area contributed by atoms with Crippen LogP contribution in [-0.4, -0.2) is 17.2 Å². The number of nitrogens with zero attached hydrogens (tertiary/aromatic N) is 1. The molecule has 3 nitrogen and oxygen atoms in total. The normalized spacial score (nSPS) is 29.2. The van der Waals surface area contributed by atoms with E-state index in [2.05, 4.69) is 37.4 Å². The fraction of sp³-hybridized carbons (Fsp3) is 0.450. The summed E-state index contributed by atoms with van der Waals surface area (Å²) in [5, 5.41) is 3.68. The molecule has 1 aliphatic carbocycles. The maximum Gasteiger partial charge on any atom is 0.250 e. The van der Waals surface area contributed by atoms with Crippen LogP contribution in [0.15, 0.2) is 41.3 Å². The van der Waals surface area contributed by atoms with Gasteiger partial charge in [-0.05, 0) is 59.0 Å². The smallest absolute Gasteiger partial charge is 0.250 e. The molecule has 1 aromatic carbocycles. The number of piperidine rings is 1. The van der Waals surface area contributed by atoms with Crippen LogP contribution in [-0.2, 0) is 18.9 Å². The van der Waals surface area contributed by atoms with Crippen LogP contribution in [0.25, 0.3) is 11.1 Å². The largest absolute Gasteiger partial charge is 0.319 e. The highest BCUT2D eigenvalue weighted by atomic mass is 16.1. The molecule has 23 heavy (non-hydrogen) atoms. The first-order chi connectivity index (χ1) is 11.0. The van der Waals surface area contributed by atoms with Crippen LogP contribution in [0, 0.1) is 5.92 Å². The highest BCUT2D eigenvalue weighted by molar-refractivity contribution is 5.65. The summed E-state index contributed by atoms with van der Waals surface area (Å²) in [7, 11) is 1.79. The van der Waals surface area contributed by atoms with Gasteiger partial charge in [0.2, 0.25) is 0 Å². The summed E-state index contributed by atoms with van der Waals surface area (Å²) in [5.41, 5.74) is 5.41. The van der Waals surface area contributed by atoms with E-state index >= 15 is 0 Å². The molecular weight excluding hydrogens is 284 g/mol. The van der Waals surface area contributed by atoms with Crippen LogP contribution < -0.4 is 10.9 Å². The summed E-state index contributed by atoms with van der Waals surface area (Å²) in [6.07, 6.45) is 4.14. The minimum atomic E-state index is 0.0433. The lowest BCUT2D eigenvalue weighted by Crippen LogP contribution is -2.56. The lowest BCUT2D eigenvalue weighted by Gasteiger charge is -2.50. The van der Waals surface area contributed by atoms with Crippen molar-refractivity contribution in [2.45, 2.75) is 38.1 Å². The second-order valence-corrected chi connectivity index (χ2v) is 7.46. The lowest BCUT2D eigenvalue weighted by molar-refractivity contribution is 0.158. The zero-order chi connectivity index (χ0) is 16.2. The predicted molar refractivity (Wildman–Crippen MR) is 93.7 cm³/mol. The Balaban J connectivity index is 1.85. The van der Waals surface area contributed by atoms with E-state index in [1.54, 1.807) is 17.7 Å². The van der Waals surface area contributed by atoms with Crippen molar-refractivity contribution in [2.24, 2.45) is 13.0 Å². The summed E-state index contributed by atoms with van der Waals surface area (Å²) in [6.45, 7) is 5.89. The van der Waals surface area contributed by atoms with Gasteiger partial charge in [-0.3, -0.25) is 4.79 Å². The number of benzene rings is 1. The van der Waals surface area contributed by atoms with Crippen LogP contribution in [0.2, 0.25) is 0 Å². The third-order valence-electron chi connectivity index (χ3n) is 6.26. The van der Waals surface area contributed by atoms with Gasteiger partial charge in [0.05, 0.1) is 0 Å². The van der Waals surface area contributed by atoms with Crippen molar-refractivity contribution in [1.29, 1.82) is 0 Å². The van der Waals surface area contributed by atoms with Gasteiger partial charge >= 0.3 is 0 Å². The molecule has 2 heterocycles. The standard InChI is InChI=1S/C20H24N2O/c1-13-18-11-16-5-4-14(15-6-9-22(3)19(23)12-15)10-17(16)20(13,2)7-8-21-18/h4-6,9-10,12-13,18,21H,7-8,11H2,1-3H3/t13?,18?,20-/m1/s1. The predicted octanol–water partition coefficient (Wildman–Crippen LogP) is 2.86. The van der Waals surface area contributed by atoms with Crippen LogP contribution in [0.3, 0.4) is 0 Å². The number of hydrogen-bond donors (Lipinski definition) is 1. The van der Waals surface area contributed by atoms with Crippen molar-refractivity contribution < 1.29 is 0 Å². The maximum absolute atomic E-state index is 11.9. The van der Waals surface area contributed by atoms with Crippen molar-refractivity contribution in [3.63, 3.8) is 0 Å². The minimum absolute atomic E-state index is 0.0433. The number of aromatic nitrogens is 1. The summed E-state index contributed by atoms with van der Waals surface area (Å²) >= 11 is 0. The number of fused-ring (bicyclic) bond motifs is 4. The highest BCUT2D eigenvalue weighted by Gasteiger charge is 2.45. The Morgan fingerprint density at radius 3 is 2.78 bits per heavy atom. The molecule has 2 aliphatic rings. The first-order valence-corrected chi connectivity index (χ1v) is 8.53. The second kappa shape index (κ2) is 5.07. The number of rotatable bonds is 1. The van der Waals surface area contributed by atoms with Gasteiger partial charge in [-0.1, -0.05) is 32.0 Å². The van der Waals surface area contributed by atoms with Crippen LogP contribution >= 0.6 is 0 Å². The Hall–Kier alpha value is -1.87. The monoisotopic (exact) mass is 308 g/mol. The van der Waals surface area contributed by atoms with E-state index < -0.39 is 0 Å². The first-order valence-electron chi connectivity index (χ1n) is 8.53. The van der Waals surface area contributed by atoms with Crippen molar-refractivity contribution >= 4 is 0 Å². The molecule has 0 saturated carbocycles. The van der Waals surface area contributed by atoms with Crippen molar-refractivity contribution in [3.05, 3.63) is 58.0 Å². The Morgan fingerprint density at radius 2 is 2.00 bits per heavy atom. The van der Waals surface area contributed by atoms with E-state index in [1.807, 2.05) is 12.3 Å². The molecule has 0 radical (unpaired) electrons. The number of aryl methyl sites for hydroxylation is 1. The van der Waals surface area contributed by atoms with Gasteiger partial charge in [0.25, 0.3) is 5.56 Å². The molecule has 2 bridgehead atoms. The third-order valence-corrected chi connectivity index (χ3v) is 6.26. The average molecular weight is 308 g/mol. The zero-order valence-electron chi connectivity index (χ0n) is 14.1. The summed E-state index contributed by atoms with van der Waals surface area (Å²) in [6, 6.07) is 11.1. The molecule has 120 valence electrons. The topological polar surface area (TPSA) is 34.0 Å². The van der Waals surface area contributed by atoms with E-state index in [0.717, 1.165) is 24.1 Å². The summed E-state index contributed by atoms with van der Waals surface area (Å²) in [5.74, 6) is 0.641. The average Bonchev–Trinajstić information content (AvgIpc) is 2.53. The van der Waals surface area contributed by atoms with Gasteiger partial charge in [-0.15, -0.1) is 0 Å². The third kappa shape index (κ3) is 2.18. The fourth-order valence-corrected chi connectivity index (χ4v) is 4.43. The van der Waals surface area contributed by atoms with Crippen LogP contribution in [0.4, 0.5) is 0 Å². The Kier molecular flexibility index (Phi) is 3.24. The number of pyridine rings is 1. The highest BCUT2D eigenvalue weighted by Crippen LogP contribution is 2.46. The number of hydrogen-bond acceptors (Lipinski definition) is 2. The molecule has 3 heteroatoms. The molecule has 2 unspecified atom stereocenters. The Labute approximate surface area is 137 Å². The first kappa shape index (κ1) is 14.7. The van der Waals surface area contributed by atoms with E-state index in [0.29, 0.717) is 12.0 Å². The van der Waals surface area contributed by atoms with Crippen molar-refractivity contribution in [2.75, 3.05) is 6.54 Å². The van der Waals surface area contributed by atoms with Gasteiger partial charge in [0.15, 0.2) is 0 Å².